The number of nitrogens with zero attached hydrogens (tertiary/aromatic N) is 2. The van der Waals surface area contributed by atoms with E-state index in [0.29, 0.717) is 18.3 Å². The average Bonchev–Trinajstić information content (AvgIpc) is 2.42. The van der Waals surface area contributed by atoms with Gasteiger partial charge in [0.1, 0.15) is 5.75 Å². The second-order valence-electron chi connectivity index (χ2n) is 4.00. The summed E-state index contributed by atoms with van der Waals surface area (Å²) in [5.74, 6) is 0.231. The third kappa shape index (κ3) is 4.82. The van der Waals surface area contributed by atoms with Crippen LogP contribution >= 0.6 is 12.2 Å². The van der Waals surface area contributed by atoms with Gasteiger partial charge in [-0.25, -0.2) is 5.01 Å². The van der Waals surface area contributed by atoms with Crippen LogP contribution in [-0.2, 0) is 4.74 Å². The maximum atomic E-state index is 9.15. The fraction of sp³-hybridized carbons (Fsp3) is 0.333. The van der Waals surface area contributed by atoms with E-state index in [2.05, 4.69) is 16.0 Å². The van der Waals surface area contributed by atoms with Gasteiger partial charge in [-0.3, -0.25) is 10.9 Å². The number of phenols is 1. The topological polar surface area (TPSA) is 69.1 Å². The summed E-state index contributed by atoms with van der Waals surface area (Å²) in [6, 6.07) is 6.73. The Balaban J connectivity index is 1.74. The summed E-state index contributed by atoms with van der Waals surface area (Å²) in [6.07, 6.45) is 1.63. The Hall–Kier alpha value is -1.70. The van der Waals surface area contributed by atoms with Crippen molar-refractivity contribution >= 4 is 23.5 Å². The molecule has 0 unspecified atom stereocenters. The minimum atomic E-state index is 0.231. The molecule has 0 amide bonds. The third-order valence-electron chi connectivity index (χ3n) is 2.54. The van der Waals surface area contributed by atoms with Crippen LogP contribution in [0, 0.1) is 0 Å². The molecule has 1 heterocycles. The van der Waals surface area contributed by atoms with Crippen molar-refractivity contribution in [2.24, 2.45) is 5.10 Å². The van der Waals surface area contributed by atoms with E-state index in [0.717, 1.165) is 18.7 Å². The molecule has 7 heteroatoms. The summed E-state index contributed by atoms with van der Waals surface area (Å²) in [5.41, 5.74) is 6.65. The monoisotopic (exact) mass is 280 g/mol. The van der Waals surface area contributed by atoms with Gasteiger partial charge >= 0.3 is 0 Å². The van der Waals surface area contributed by atoms with Crippen LogP contribution < -0.4 is 10.9 Å². The number of hydrogen-bond acceptors (Lipinski definition) is 5. The molecule has 1 saturated heterocycles. The van der Waals surface area contributed by atoms with E-state index < -0.39 is 0 Å². The highest BCUT2D eigenvalue weighted by molar-refractivity contribution is 7.80. The van der Waals surface area contributed by atoms with Gasteiger partial charge in [-0.1, -0.05) is 0 Å². The Morgan fingerprint density at radius 1 is 1.32 bits per heavy atom. The molecule has 19 heavy (non-hydrogen) atoms. The number of benzene rings is 1. The van der Waals surface area contributed by atoms with Gasteiger partial charge in [0.2, 0.25) is 5.11 Å². The molecule has 0 aliphatic carbocycles. The van der Waals surface area contributed by atoms with E-state index in [4.69, 9.17) is 22.1 Å². The Morgan fingerprint density at radius 2 is 2.00 bits per heavy atom. The highest BCUT2D eigenvalue weighted by atomic mass is 32.1. The van der Waals surface area contributed by atoms with E-state index in [-0.39, 0.29) is 5.75 Å². The molecule has 1 aliphatic rings. The lowest BCUT2D eigenvalue weighted by molar-refractivity contribution is 0.0247. The highest BCUT2D eigenvalue weighted by Gasteiger charge is 2.10. The summed E-state index contributed by atoms with van der Waals surface area (Å²) in [5, 5.41) is 15.6. The molecule has 0 atom stereocenters. The fourth-order valence-corrected chi connectivity index (χ4v) is 1.75. The van der Waals surface area contributed by atoms with E-state index >= 15 is 0 Å². The minimum absolute atomic E-state index is 0.231. The number of hydrogen-bond donors (Lipinski definition) is 3. The molecule has 2 rings (SSSR count). The summed E-state index contributed by atoms with van der Waals surface area (Å²) >= 11 is 5.11. The molecular formula is C12H16N4O2S. The van der Waals surface area contributed by atoms with Gasteiger partial charge in [0, 0.05) is 13.1 Å². The molecule has 3 N–H and O–H groups in total. The first-order valence-corrected chi connectivity index (χ1v) is 6.36. The number of rotatable bonds is 3. The van der Waals surface area contributed by atoms with Crippen LogP contribution in [0.5, 0.6) is 5.75 Å². The highest BCUT2D eigenvalue weighted by Crippen LogP contribution is 2.07. The lowest BCUT2D eigenvalue weighted by Crippen LogP contribution is -2.50. The van der Waals surface area contributed by atoms with Crippen LogP contribution in [0.3, 0.4) is 0 Å². The second-order valence-corrected chi connectivity index (χ2v) is 4.41. The van der Waals surface area contributed by atoms with E-state index in [1.807, 2.05) is 5.01 Å². The minimum Gasteiger partial charge on any atom is -0.508 e. The quantitative estimate of drug-likeness (QED) is 0.424. The smallest absolute Gasteiger partial charge is 0.201 e. The standard InChI is InChI=1S/C12H16N4O2S/c17-11-3-1-10(2-4-11)9-13-14-12(19)15-16-5-7-18-8-6-16/h1-4,9,17H,5-8H2,(H2,14,15,19)/b13-9+. The maximum Gasteiger partial charge on any atom is 0.201 e. The van der Waals surface area contributed by atoms with E-state index in [1.165, 1.54) is 0 Å². The number of morpholine rings is 1. The van der Waals surface area contributed by atoms with Gasteiger partial charge in [0.25, 0.3) is 0 Å². The molecule has 0 saturated carbocycles. The fourth-order valence-electron chi connectivity index (χ4n) is 1.57. The van der Waals surface area contributed by atoms with Gasteiger partial charge in [-0.05, 0) is 42.0 Å². The molecule has 0 radical (unpaired) electrons. The largest absolute Gasteiger partial charge is 0.508 e. The predicted octanol–water partition coefficient (Wildman–Crippen LogP) is 0.437. The van der Waals surface area contributed by atoms with Crippen LogP contribution in [0.2, 0.25) is 0 Å². The zero-order chi connectivity index (χ0) is 13.5. The first kappa shape index (κ1) is 13.7. The van der Waals surface area contributed by atoms with Crippen LogP contribution in [0.25, 0.3) is 0 Å². The van der Waals surface area contributed by atoms with Gasteiger partial charge in [0.05, 0.1) is 19.4 Å². The maximum absolute atomic E-state index is 9.15. The second kappa shape index (κ2) is 7.03. The van der Waals surface area contributed by atoms with Crippen molar-refractivity contribution < 1.29 is 9.84 Å². The Bertz CT molecular complexity index is 444. The van der Waals surface area contributed by atoms with Gasteiger partial charge in [-0.2, -0.15) is 5.10 Å². The molecule has 0 bridgehead atoms. The van der Waals surface area contributed by atoms with Crippen molar-refractivity contribution in [2.45, 2.75) is 0 Å². The summed E-state index contributed by atoms with van der Waals surface area (Å²) in [7, 11) is 0. The summed E-state index contributed by atoms with van der Waals surface area (Å²) in [6.45, 7) is 2.99. The molecule has 0 spiro atoms. The average molecular weight is 280 g/mol. The van der Waals surface area contributed by atoms with Gasteiger partial charge in [-0.15, -0.1) is 0 Å². The number of nitrogens with one attached hydrogen (secondary N) is 2. The van der Waals surface area contributed by atoms with Crippen LogP contribution in [0.1, 0.15) is 5.56 Å². The van der Waals surface area contributed by atoms with Gasteiger partial charge < -0.3 is 9.84 Å². The number of ether oxygens (including phenoxy) is 1. The zero-order valence-electron chi connectivity index (χ0n) is 10.4. The molecule has 0 aromatic heterocycles. The SMILES string of the molecule is Oc1ccc(/C=N/NC(=S)NN2CCOCC2)cc1. The lowest BCUT2D eigenvalue weighted by atomic mass is 10.2. The van der Waals surface area contributed by atoms with Crippen molar-refractivity contribution in [3.05, 3.63) is 29.8 Å². The number of hydrazine groups is 1. The molecule has 1 aliphatic heterocycles. The molecule has 1 aromatic carbocycles. The molecule has 1 aromatic rings. The van der Waals surface area contributed by atoms with Crippen LogP contribution in [0.4, 0.5) is 0 Å². The Labute approximate surface area is 117 Å². The van der Waals surface area contributed by atoms with Crippen molar-refractivity contribution in [2.75, 3.05) is 26.3 Å². The predicted molar refractivity (Wildman–Crippen MR) is 77.0 cm³/mol. The van der Waals surface area contributed by atoms with Crippen molar-refractivity contribution in [1.82, 2.24) is 15.9 Å². The van der Waals surface area contributed by atoms with E-state index in [9.17, 15) is 0 Å². The molecule has 102 valence electrons. The molecule has 6 nitrogen and oxygen atoms in total. The van der Waals surface area contributed by atoms with E-state index in [1.54, 1.807) is 30.5 Å². The van der Waals surface area contributed by atoms with Gasteiger partial charge in [0.15, 0.2) is 0 Å². The van der Waals surface area contributed by atoms with Crippen LogP contribution in [-0.4, -0.2) is 47.7 Å². The zero-order valence-corrected chi connectivity index (χ0v) is 11.2. The summed E-state index contributed by atoms with van der Waals surface area (Å²) < 4.78 is 5.23. The molecule has 1 fully saturated rings. The number of hydrazone groups is 1. The lowest BCUT2D eigenvalue weighted by Gasteiger charge is -2.27. The van der Waals surface area contributed by atoms with Crippen molar-refractivity contribution in [3.63, 3.8) is 0 Å². The molecular weight excluding hydrogens is 264 g/mol. The number of thiocarbonyl (C=S) groups is 1. The first-order valence-electron chi connectivity index (χ1n) is 5.95. The normalized spacial score (nSPS) is 16.4. The third-order valence-corrected chi connectivity index (χ3v) is 2.73. The first-order chi connectivity index (χ1) is 9.24. The van der Waals surface area contributed by atoms with Crippen molar-refractivity contribution in [1.29, 1.82) is 0 Å². The Morgan fingerprint density at radius 3 is 2.68 bits per heavy atom. The summed E-state index contributed by atoms with van der Waals surface area (Å²) in [4.78, 5) is 0. The number of phenolic OH excluding ortho intramolecular Hbond substituents is 1. The Kier molecular flexibility index (Phi) is 5.08. The van der Waals surface area contributed by atoms with Crippen molar-refractivity contribution in [3.8, 4) is 5.75 Å². The van der Waals surface area contributed by atoms with Crippen LogP contribution in [0.15, 0.2) is 29.4 Å². The number of aromatic hydroxyl groups is 1.